The summed E-state index contributed by atoms with van der Waals surface area (Å²) < 4.78 is 2.44. The smallest absolute Gasteiger partial charge is 0.243 e. The molecule has 0 aliphatic rings. The second-order valence-corrected chi connectivity index (χ2v) is 8.30. The van der Waals surface area contributed by atoms with Crippen molar-refractivity contribution in [3.05, 3.63) is 42.7 Å². The first-order valence-corrected chi connectivity index (χ1v) is 12.1. The van der Waals surface area contributed by atoms with Gasteiger partial charge in [-0.15, -0.1) is 0 Å². The first kappa shape index (κ1) is 24.2. The fourth-order valence-corrected chi connectivity index (χ4v) is 4.01. The Morgan fingerprint density at radius 1 is 0.967 bits per heavy atom. The molecule has 0 saturated carbocycles. The number of carbonyl (C=O) groups is 1. The summed E-state index contributed by atoms with van der Waals surface area (Å²) in [5.74, 6) is 1.13. The zero-order chi connectivity index (χ0) is 21.4. The number of hydrogen-bond donors (Lipinski definition) is 1. The molecule has 2 aromatic rings. The molecule has 0 aliphatic carbocycles. The number of unbranched alkanes of at least 4 members (excludes halogenated alkanes) is 10. The number of aromatic nitrogens is 2. The van der Waals surface area contributed by atoms with Crippen LogP contribution in [0.15, 0.2) is 36.9 Å². The summed E-state index contributed by atoms with van der Waals surface area (Å²) in [6, 6.07) is 8.51. The maximum atomic E-state index is 11.2. The topological polar surface area (TPSA) is 46.9 Å². The van der Waals surface area contributed by atoms with Crippen molar-refractivity contribution < 1.29 is 4.79 Å². The van der Waals surface area contributed by atoms with E-state index in [1.807, 2.05) is 0 Å². The molecular formula is C26H41N3O. The number of imidazole rings is 1. The van der Waals surface area contributed by atoms with Gasteiger partial charge in [-0.3, -0.25) is 4.79 Å². The predicted molar refractivity (Wildman–Crippen MR) is 128 cm³/mol. The van der Waals surface area contributed by atoms with E-state index in [9.17, 15) is 4.79 Å². The number of aryl methyl sites for hydroxylation is 2. The SMILES string of the molecule is C=CC(=O)NCCCCCc1nc2ccccc2n1CCCCCCCCCCC. The van der Waals surface area contributed by atoms with Crippen molar-refractivity contribution in [1.29, 1.82) is 0 Å². The fraction of sp³-hybridized carbons (Fsp3) is 0.615. The molecule has 0 saturated heterocycles. The number of amides is 1. The van der Waals surface area contributed by atoms with Crippen molar-refractivity contribution in [2.24, 2.45) is 0 Å². The molecule has 0 aliphatic heterocycles. The van der Waals surface area contributed by atoms with Crippen LogP contribution in [-0.4, -0.2) is 22.0 Å². The number of hydrogen-bond acceptors (Lipinski definition) is 2. The minimum Gasteiger partial charge on any atom is -0.353 e. The van der Waals surface area contributed by atoms with Gasteiger partial charge in [-0.25, -0.2) is 4.98 Å². The molecule has 2 rings (SSSR count). The third kappa shape index (κ3) is 8.73. The summed E-state index contributed by atoms with van der Waals surface area (Å²) in [6.07, 6.45) is 17.7. The largest absolute Gasteiger partial charge is 0.353 e. The van der Waals surface area contributed by atoms with Gasteiger partial charge in [-0.1, -0.05) is 83.4 Å². The van der Waals surface area contributed by atoms with E-state index in [0.717, 1.165) is 44.3 Å². The zero-order valence-corrected chi connectivity index (χ0v) is 19.0. The first-order chi connectivity index (χ1) is 14.8. The minimum atomic E-state index is -0.0854. The summed E-state index contributed by atoms with van der Waals surface area (Å²) >= 11 is 0. The minimum absolute atomic E-state index is 0.0854. The number of rotatable bonds is 17. The Hall–Kier alpha value is -2.10. The second kappa shape index (κ2) is 14.8. The van der Waals surface area contributed by atoms with E-state index < -0.39 is 0 Å². The van der Waals surface area contributed by atoms with E-state index in [1.165, 1.54) is 75.2 Å². The van der Waals surface area contributed by atoms with Crippen LogP contribution in [0.25, 0.3) is 11.0 Å². The molecule has 0 fully saturated rings. The van der Waals surface area contributed by atoms with Gasteiger partial charge < -0.3 is 9.88 Å². The van der Waals surface area contributed by atoms with Crippen LogP contribution in [0.3, 0.4) is 0 Å². The average molecular weight is 412 g/mol. The van der Waals surface area contributed by atoms with Gasteiger partial charge in [-0.05, 0) is 37.5 Å². The number of nitrogens with one attached hydrogen (secondary N) is 1. The molecule has 1 heterocycles. The summed E-state index contributed by atoms with van der Waals surface area (Å²) in [5.41, 5.74) is 2.38. The van der Waals surface area contributed by atoms with Gasteiger partial charge in [0, 0.05) is 19.5 Å². The summed E-state index contributed by atoms with van der Waals surface area (Å²) in [6.45, 7) is 7.55. The van der Waals surface area contributed by atoms with Crippen LogP contribution in [-0.2, 0) is 17.8 Å². The Kier molecular flexibility index (Phi) is 11.9. The normalized spacial score (nSPS) is 11.1. The van der Waals surface area contributed by atoms with Crippen molar-refractivity contribution in [2.45, 2.75) is 96.9 Å². The van der Waals surface area contributed by atoms with E-state index in [1.54, 1.807) is 0 Å². The lowest BCUT2D eigenvalue weighted by Gasteiger charge is -2.10. The standard InChI is InChI=1S/C26H41N3O/c1-3-5-6-7-8-9-10-11-17-22-29-24-19-15-14-18-23(24)28-25(29)20-13-12-16-21-27-26(30)4-2/h4,14-15,18-19H,2-3,5-13,16-17,20-22H2,1H3,(H,27,30). The highest BCUT2D eigenvalue weighted by Gasteiger charge is 2.10. The lowest BCUT2D eigenvalue weighted by atomic mass is 10.1. The van der Waals surface area contributed by atoms with Crippen LogP contribution in [0.1, 0.15) is 89.8 Å². The second-order valence-electron chi connectivity index (χ2n) is 8.30. The number of carbonyl (C=O) groups excluding carboxylic acids is 1. The van der Waals surface area contributed by atoms with Gasteiger partial charge in [-0.2, -0.15) is 0 Å². The highest BCUT2D eigenvalue weighted by atomic mass is 16.1. The molecule has 1 N–H and O–H groups in total. The number of nitrogens with zero attached hydrogens (tertiary/aromatic N) is 2. The molecule has 0 atom stereocenters. The molecule has 4 heteroatoms. The van der Waals surface area contributed by atoms with E-state index in [0.29, 0.717) is 0 Å². The highest BCUT2D eigenvalue weighted by molar-refractivity contribution is 5.86. The molecule has 30 heavy (non-hydrogen) atoms. The molecule has 1 amide bonds. The van der Waals surface area contributed by atoms with Crippen molar-refractivity contribution in [3.8, 4) is 0 Å². The molecule has 0 radical (unpaired) electrons. The molecule has 4 nitrogen and oxygen atoms in total. The number of fused-ring (bicyclic) bond motifs is 1. The van der Waals surface area contributed by atoms with Gasteiger partial charge in [0.05, 0.1) is 11.0 Å². The van der Waals surface area contributed by atoms with Crippen LogP contribution in [0.5, 0.6) is 0 Å². The predicted octanol–water partition coefficient (Wildman–Crippen LogP) is 6.58. The van der Waals surface area contributed by atoms with Gasteiger partial charge in [0.1, 0.15) is 5.82 Å². The van der Waals surface area contributed by atoms with E-state index in [2.05, 4.69) is 47.7 Å². The van der Waals surface area contributed by atoms with Crippen LogP contribution < -0.4 is 5.32 Å². The van der Waals surface area contributed by atoms with E-state index >= 15 is 0 Å². The molecule has 0 unspecified atom stereocenters. The first-order valence-electron chi connectivity index (χ1n) is 12.1. The van der Waals surface area contributed by atoms with E-state index in [4.69, 9.17) is 4.98 Å². The maximum absolute atomic E-state index is 11.2. The lowest BCUT2D eigenvalue weighted by molar-refractivity contribution is -0.116. The van der Waals surface area contributed by atoms with Crippen LogP contribution in [0.2, 0.25) is 0 Å². The molecule has 166 valence electrons. The van der Waals surface area contributed by atoms with Gasteiger partial charge in [0.25, 0.3) is 0 Å². The third-order valence-electron chi connectivity index (χ3n) is 5.78. The van der Waals surface area contributed by atoms with Crippen LogP contribution >= 0.6 is 0 Å². The van der Waals surface area contributed by atoms with E-state index in [-0.39, 0.29) is 5.91 Å². The Bertz CT molecular complexity index is 750. The van der Waals surface area contributed by atoms with Crippen molar-refractivity contribution in [3.63, 3.8) is 0 Å². The quantitative estimate of drug-likeness (QED) is 0.236. The molecule has 0 spiro atoms. The lowest BCUT2D eigenvalue weighted by Crippen LogP contribution is -2.21. The molecule has 0 bridgehead atoms. The summed E-state index contributed by atoms with van der Waals surface area (Å²) in [5, 5.41) is 2.84. The molecular weight excluding hydrogens is 370 g/mol. The fourth-order valence-electron chi connectivity index (χ4n) is 4.01. The van der Waals surface area contributed by atoms with Crippen molar-refractivity contribution >= 4 is 16.9 Å². The third-order valence-corrected chi connectivity index (χ3v) is 5.78. The van der Waals surface area contributed by atoms with Crippen molar-refractivity contribution in [1.82, 2.24) is 14.9 Å². The summed E-state index contributed by atoms with van der Waals surface area (Å²) in [4.78, 5) is 16.1. The Labute approximate surface area is 183 Å². The molecule has 1 aromatic carbocycles. The average Bonchev–Trinajstić information content (AvgIpc) is 3.12. The van der Waals surface area contributed by atoms with Gasteiger partial charge in [0.2, 0.25) is 5.91 Å². The Morgan fingerprint density at radius 3 is 2.37 bits per heavy atom. The zero-order valence-electron chi connectivity index (χ0n) is 19.0. The number of benzene rings is 1. The van der Waals surface area contributed by atoms with Crippen molar-refractivity contribution in [2.75, 3.05) is 6.54 Å². The molecule has 1 aromatic heterocycles. The van der Waals surface area contributed by atoms with Crippen LogP contribution in [0, 0.1) is 0 Å². The van der Waals surface area contributed by atoms with Gasteiger partial charge >= 0.3 is 0 Å². The summed E-state index contributed by atoms with van der Waals surface area (Å²) in [7, 11) is 0. The maximum Gasteiger partial charge on any atom is 0.243 e. The highest BCUT2D eigenvalue weighted by Crippen LogP contribution is 2.19. The number of para-hydroxylation sites is 2. The Balaban J connectivity index is 1.74. The Morgan fingerprint density at radius 2 is 1.63 bits per heavy atom. The van der Waals surface area contributed by atoms with Crippen LogP contribution in [0.4, 0.5) is 0 Å². The monoisotopic (exact) mass is 411 g/mol. The van der Waals surface area contributed by atoms with Gasteiger partial charge in [0.15, 0.2) is 0 Å².